The lowest BCUT2D eigenvalue weighted by molar-refractivity contribution is 0.0274. The summed E-state index contributed by atoms with van der Waals surface area (Å²) in [6, 6.07) is 19.2. The third kappa shape index (κ3) is 3.75. The SMILES string of the molecule is CC1CC2CCN1CC2NC(=O)c1ccc(Sc2ccccc2)cc1. The van der Waals surface area contributed by atoms with Crippen molar-refractivity contribution in [1.82, 2.24) is 10.2 Å². The Bertz CT molecular complexity index is 731. The predicted octanol–water partition coefficient (Wildman–Crippen LogP) is 4.05. The van der Waals surface area contributed by atoms with Crippen LogP contribution in [0.25, 0.3) is 0 Å². The molecule has 3 aliphatic heterocycles. The summed E-state index contributed by atoms with van der Waals surface area (Å²) in [6.45, 7) is 4.48. The number of hydrogen-bond donors (Lipinski definition) is 1. The van der Waals surface area contributed by atoms with E-state index in [1.54, 1.807) is 11.8 Å². The van der Waals surface area contributed by atoms with Crippen LogP contribution in [-0.2, 0) is 0 Å². The molecule has 2 aromatic carbocycles. The molecule has 2 bridgehead atoms. The van der Waals surface area contributed by atoms with Gasteiger partial charge in [-0.25, -0.2) is 0 Å². The number of fused-ring (bicyclic) bond motifs is 3. The fourth-order valence-corrected chi connectivity index (χ4v) is 4.85. The van der Waals surface area contributed by atoms with E-state index < -0.39 is 0 Å². The summed E-state index contributed by atoms with van der Waals surface area (Å²) in [4.78, 5) is 17.5. The molecule has 5 rings (SSSR count). The zero-order valence-electron chi connectivity index (χ0n) is 14.5. The average molecular weight is 353 g/mol. The van der Waals surface area contributed by atoms with Gasteiger partial charge in [0.2, 0.25) is 0 Å². The highest BCUT2D eigenvalue weighted by Gasteiger charge is 2.38. The van der Waals surface area contributed by atoms with Crippen LogP contribution < -0.4 is 5.32 Å². The van der Waals surface area contributed by atoms with Crippen molar-refractivity contribution in [2.24, 2.45) is 5.92 Å². The molecular weight excluding hydrogens is 328 g/mol. The third-order valence-electron chi connectivity index (χ3n) is 5.47. The van der Waals surface area contributed by atoms with Crippen molar-refractivity contribution in [2.45, 2.75) is 41.6 Å². The zero-order valence-corrected chi connectivity index (χ0v) is 15.3. The van der Waals surface area contributed by atoms with E-state index in [0.717, 1.165) is 17.0 Å². The van der Waals surface area contributed by atoms with Crippen molar-refractivity contribution in [2.75, 3.05) is 13.1 Å². The van der Waals surface area contributed by atoms with E-state index in [2.05, 4.69) is 29.3 Å². The fraction of sp³-hybridized carbons (Fsp3) is 0.381. The van der Waals surface area contributed by atoms with E-state index in [9.17, 15) is 4.79 Å². The lowest BCUT2D eigenvalue weighted by atomic mass is 9.80. The van der Waals surface area contributed by atoms with Gasteiger partial charge in [-0.2, -0.15) is 0 Å². The topological polar surface area (TPSA) is 32.3 Å². The Hall–Kier alpha value is -1.78. The molecule has 1 N–H and O–H groups in total. The van der Waals surface area contributed by atoms with E-state index in [1.165, 1.54) is 24.3 Å². The number of amides is 1. The van der Waals surface area contributed by atoms with E-state index in [-0.39, 0.29) is 5.91 Å². The summed E-state index contributed by atoms with van der Waals surface area (Å²) in [5.41, 5.74) is 0.752. The first kappa shape index (κ1) is 16.7. The van der Waals surface area contributed by atoms with Crippen molar-refractivity contribution < 1.29 is 4.79 Å². The van der Waals surface area contributed by atoms with Crippen LogP contribution in [0.15, 0.2) is 64.4 Å². The molecule has 25 heavy (non-hydrogen) atoms. The van der Waals surface area contributed by atoms with Crippen LogP contribution in [0.1, 0.15) is 30.1 Å². The molecule has 4 heteroatoms. The maximum Gasteiger partial charge on any atom is 0.251 e. The maximum absolute atomic E-state index is 12.6. The van der Waals surface area contributed by atoms with Gasteiger partial charge in [0, 0.05) is 34.0 Å². The summed E-state index contributed by atoms with van der Waals surface area (Å²) in [7, 11) is 0. The van der Waals surface area contributed by atoms with Crippen LogP contribution in [0.2, 0.25) is 0 Å². The van der Waals surface area contributed by atoms with Gasteiger partial charge in [-0.1, -0.05) is 30.0 Å². The van der Waals surface area contributed by atoms with Gasteiger partial charge in [0.25, 0.3) is 5.91 Å². The number of carbonyl (C=O) groups excluding carboxylic acids is 1. The van der Waals surface area contributed by atoms with Crippen LogP contribution in [0, 0.1) is 5.92 Å². The largest absolute Gasteiger partial charge is 0.348 e. The second kappa shape index (κ2) is 7.22. The molecule has 0 aromatic heterocycles. The summed E-state index contributed by atoms with van der Waals surface area (Å²) < 4.78 is 0. The Balaban J connectivity index is 1.38. The first-order valence-corrected chi connectivity index (χ1v) is 9.88. The molecule has 0 aliphatic carbocycles. The Morgan fingerprint density at radius 2 is 1.80 bits per heavy atom. The molecule has 0 saturated carbocycles. The summed E-state index contributed by atoms with van der Waals surface area (Å²) >= 11 is 1.72. The number of benzene rings is 2. The summed E-state index contributed by atoms with van der Waals surface area (Å²) in [5.74, 6) is 0.694. The number of nitrogens with zero attached hydrogens (tertiary/aromatic N) is 1. The van der Waals surface area contributed by atoms with Gasteiger partial charge in [0.1, 0.15) is 0 Å². The molecule has 3 heterocycles. The van der Waals surface area contributed by atoms with Crippen LogP contribution in [0.4, 0.5) is 0 Å². The predicted molar refractivity (Wildman–Crippen MR) is 102 cm³/mol. The molecule has 0 radical (unpaired) electrons. The minimum atomic E-state index is 0.0580. The highest BCUT2D eigenvalue weighted by Crippen LogP contribution is 2.32. The van der Waals surface area contributed by atoms with Gasteiger partial charge in [0.05, 0.1) is 0 Å². The van der Waals surface area contributed by atoms with Gasteiger partial charge in [0.15, 0.2) is 0 Å². The Labute approximate surface area is 153 Å². The van der Waals surface area contributed by atoms with Gasteiger partial charge >= 0.3 is 0 Å². The van der Waals surface area contributed by atoms with Crippen LogP contribution in [-0.4, -0.2) is 36.0 Å². The number of rotatable bonds is 4. The Morgan fingerprint density at radius 1 is 1.08 bits per heavy atom. The molecule has 1 amide bonds. The minimum absolute atomic E-state index is 0.0580. The monoisotopic (exact) mass is 352 g/mol. The highest BCUT2D eigenvalue weighted by molar-refractivity contribution is 7.99. The molecule has 3 saturated heterocycles. The molecule has 3 aliphatic rings. The second-order valence-corrected chi connectivity index (χ2v) is 8.29. The normalized spacial score (nSPS) is 27.9. The smallest absolute Gasteiger partial charge is 0.251 e. The molecule has 0 spiro atoms. The van der Waals surface area contributed by atoms with E-state index >= 15 is 0 Å². The zero-order chi connectivity index (χ0) is 17.2. The lowest BCUT2D eigenvalue weighted by Gasteiger charge is -2.48. The molecule has 130 valence electrons. The molecule has 2 aromatic rings. The average Bonchev–Trinajstić information content (AvgIpc) is 2.64. The maximum atomic E-state index is 12.6. The lowest BCUT2D eigenvalue weighted by Crippen LogP contribution is -2.60. The van der Waals surface area contributed by atoms with Crippen LogP contribution >= 0.6 is 11.8 Å². The van der Waals surface area contributed by atoms with Crippen LogP contribution in [0.3, 0.4) is 0 Å². The summed E-state index contributed by atoms with van der Waals surface area (Å²) in [5, 5.41) is 3.27. The number of carbonyl (C=O) groups is 1. The Morgan fingerprint density at radius 3 is 2.44 bits per heavy atom. The molecular formula is C21H24N2OS. The van der Waals surface area contributed by atoms with Crippen molar-refractivity contribution in [3.05, 3.63) is 60.2 Å². The van der Waals surface area contributed by atoms with Gasteiger partial charge in [-0.05, 0) is 68.6 Å². The van der Waals surface area contributed by atoms with Gasteiger partial charge in [-0.3, -0.25) is 9.69 Å². The molecule has 3 nitrogen and oxygen atoms in total. The van der Waals surface area contributed by atoms with Crippen LogP contribution in [0.5, 0.6) is 0 Å². The van der Waals surface area contributed by atoms with Crippen molar-refractivity contribution in [1.29, 1.82) is 0 Å². The number of piperidine rings is 3. The standard InChI is InChI=1S/C21H24N2OS/c1-15-13-17-11-12-23(15)14-20(17)22-21(24)16-7-9-19(10-8-16)25-18-5-3-2-4-6-18/h2-10,15,17,20H,11-14H2,1H3,(H,22,24). The van der Waals surface area contributed by atoms with E-state index in [4.69, 9.17) is 0 Å². The first-order valence-electron chi connectivity index (χ1n) is 9.07. The number of hydrogen-bond acceptors (Lipinski definition) is 3. The molecule has 4 atom stereocenters. The highest BCUT2D eigenvalue weighted by atomic mass is 32.2. The van der Waals surface area contributed by atoms with Gasteiger partial charge < -0.3 is 5.32 Å². The summed E-state index contributed by atoms with van der Waals surface area (Å²) in [6.07, 6.45) is 2.42. The third-order valence-corrected chi connectivity index (χ3v) is 6.48. The second-order valence-electron chi connectivity index (χ2n) is 7.15. The van der Waals surface area contributed by atoms with E-state index in [1.807, 2.05) is 42.5 Å². The molecule has 4 unspecified atom stereocenters. The van der Waals surface area contributed by atoms with E-state index in [0.29, 0.717) is 18.0 Å². The quantitative estimate of drug-likeness (QED) is 0.901. The number of nitrogens with one attached hydrogen (secondary N) is 1. The first-order chi connectivity index (χ1) is 12.2. The van der Waals surface area contributed by atoms with Gasteiger partial charge in [-0.15, -0.1) is 0 Å². The van der Waals surface area contributed by atoms with Crippen molar-refractivity contribution in [3.63, 3.8) is 0 Å². The Kier molecular flexibility index (Phi) is 4.82. The molecule has 3 fully saturated rings. The van der Waals surface area contributed by atoms with Crippen molar-refractivity contribution in [3.8, 4) is 0 Å². The van der Waals surface area contributed by atoms with Crippen molar-refractivity contribution >= 4 is 17.7 Å². The fourth-order valence-electron chi connectivity index (χ4n) is 4.01. The minimum Gasteiger partial charge on any atom is -0.348 e.